The molecule has 0 unspecified atom stereocenters. The van der Waals surface area contributed by atoms with Crippen molar-refractivity contribution in [2.24, 2.45) is 5.41 Å². The molecular formula is C12H20N2O. The molecular weight excluding hydrogens is 188 g/mol. The van der Waals surface area contributed by atoms with Crippen molar-refractivity contribution in [2.75, 3.05) is 20.3 Å². The summed E-state index contributed by atoms with van der Waals surface area (Å²) in [6.45, 7) is 2.99. The largest absolute Gasteiger partial charge is 0.385 e. The van der Waals surface area contributed by atoms with Gasteiger partial charge in [0.2, 0.25) is 0 Å². The van der Waals surface area contributed by atoms with Crippen LogP contribution in [0.3, 0.4) is 0 Å². The van der Waals surface area contributed by atoms with Crippen LogP contribution in [-0.4, -0.2) is 25.2 Å². The second kappa shape index (κ2) is 4.81. The standard InChI is InChI=1S/C12H20N2O/c1-15-7-5-12(3-4-12)10-14-9-11-2-6-13-8-11/h2,6,8,13-14H,3-5,7,9-10H2,1H3. The summed E-state index contributed by atoms with van der Waals surface area (Å²) in [5, 5.41) is 3.52. The van der Waals surface area contributed by atoms with Crippen LogP contribution in [0.1, 0.15) is 24.8 Å². The lowest BCUT2D eigenvalue weighted by atomic mass is 10.0. The summed E-state index contributed by atoms with van der Waals surface area (Å²) < 4.78 is 5.14. The summed E-state index contributed by atoms with van der Waals surface area (Å²) in [5.74, 6) is 0. The van der Waals surface area contributed by atoms with E-state index in [1.807, 2.05) is 12.4 Å². The monoisotopic (exact) mass is 208 g/mol. The van der Waals surface area contributed by atoms with Gasteiger partial charge in [-0.25, -0.2) is 0 Å². The Morgan fingerprint density at radius 2 is 2.40 bits per heavy atom. The van der Waals surface area contributed by atoms with Crippen molar-refractivity contribution < 1.29 is 4.74 Å². The smallest absolute Gasteiger partial charge is 0.0468 e. The Hall–Kier alpha value is -0.800. The Bertz CT molecular complexity index is 278. The average Bonchev–Trinajstić information content (AvgIpc) is 2.81. The predicted octanol–water partition coefficient (Wildman–Crippen LogP) is 1.92. The van der Waals surface area contributed by atoms with Crippen LogP contribution in [0.5, 0.6) is 0 Å². The number of aromatic nitrogens is 1. The summed E-state index contributed by atoms with van der Waals surface area (Å²) in [4.78, 5) is 3.07. The number of rotatable bonds is 7. The number of hydrogen-bond acceptors (Lipinski definition) is 2. The lowest BCUT2D eigenvalue weighted by Gasteiger charge is -2.14. The van der Waals surface area contributed by atoms with Gasteiger partial charge in [0, 0.05) is 39.2 Å². The minimum atomic E-state index is 0.548. The fourth-order valence-electron chi connectivity index (χ4n) is 1.95. The second-order valence-corrected chi connectivity index (χ2v) is 4.57. The quantitative estimate of drug-likeness (QED) is 0.718. The molecule has 1 aromatic rings. The van der Waals surface area contributed by atoms with Gasteiger partial charge >= 0.3 is 0 Å². The number of hydrogen-bond donors (Lipinski definition) is 2. The Morgan fingerprint density at radius 1 is 1.53 bits per heavy atom. The molecule has 1 fully saturated rings. The Balaban J connectivity index is 1.65. The number of nitrogens with one attached hydrogen (secondary N) is 2. The van der Waals surface area contributed by atoms with E-state index in [-0.39, 0.29) is 0 Å². The molecule has 1 aromatic heterocycles. The second-order valence-electron chi connectivity index (χ2n) is 4.57. The number of H-pyrrole nitrogens is 1. The van der Waals surface area contributed by atoms with E-state index < -0.39 is 0 Å². The maximum absolute atomic E-state index is 5.14. The van der Waals surface area contributed by atoms with Gasteiger partial charge in [0.05, 0.1) is 0 Å². The predicted molar refractivity (Wildman–Crippen MR) is 60.7 cm³/mol. The Morgan fingerprint density at radius 3 is 3.00 bits per heavy atom. The molecule has 2 N–H and O–H groups in total. The van der Waals surface area contributed by atoms with E-state index in [0.717, 1.165) is 19.7 Å². The van der Waals surface area contributed by atoms with Crippen molar-refractivity contribution in [1.82, 2.24) is 10.3 Å². The number of methoxy groups -OCH3 is 1. The van der Waals surface area contributed by atoms with Crippen molar-refractivity contribution in [3.8, 4) is 0 Å². The van der Waals surface area contributed by atoms with Gasteiger partial charge in [-0.2, -0.15) is 0 Å². The highest BCUT2D eigenvalue weighted by molar-refractivity contribution is 5.08. The van der Waals surface area contributed by atoms with Crippen LogP contribution in [0.15, 0.2) is 18.5 Å². The first kappa shape index (κ1) is 10.7. The highest BCUT2D eigenvalue weighted by atomic mass is 16.5. The van der Waals surface area contributed by atoms with E-state index in [0.29, 0.717) is 5.41 Å². The van der Waals surface area contributed by atoms with Crippen molar-refractivity contribution in [3.63, 3.8) is 0 Å². The molecule has 0 saturated heterocycles. The van der Waals surface area contributed by atoms with Crippen molar-refractivity contribution in [1.29, 1.82) is 0 Å². The summed E-state index contributed by atoms with van der Waals surface area (Å²) in [7, 11) is 1.78. The van der Waals surface area contributed by atoms with Crippen molar-refractivity contribution >= 4 is 0 Å². The maximum Gasteiger partial charge on any atom is 0.0468 e. The van der Waals surface area contributed by atoms with Gasteiger partial charge in [-0.05, 0) is 36.3 Å². The zero-order valence-corrected chi connectivity index (χ0v) is 9.38. The molecule has 0 atom stereocenters. The average molecular weight is 208 g/mol. The molecule has 0 bridgehead atoms. The van der Waals surface area contributed by atoms with Gasteiger partial charge in [-0.15, -0.1) is 0 Å². The van der Waals surface area contributed by atoms with Gasteiger partial charge in [-0.3, -0.25) is 0 Å². The Kier molecular flexibility index (Phi) is 3.44. The highest BCUT2D eigenvalue weighted by Crippen LogP contribution is 2.48. The Labute approximate surface area is 91.2 Å². The first-order valence-electron chi connectivity index (χ1n) is 5.66. The fraction of sp³-hybridized carbons (Fsp3) is 0.667. The third-order valence-corrected chi connectivity index (χ3v) is 3.29. The molecule has 0 aliphatic heterocycles. The number of ether oxygens (including phenoxy) is 1. The third kappa shape index (κ3) is 3.08. The molecule has 3 nitrogen and oxygen atoms in total. The maximum atomic E-state index is 5.14. The SMILES string of the molecule is COCCC1(CNCc2cc[nH]c2)CC1. The van der Waals surface area contributed by atoms with E-state index in [4.69, 9.17) is 4.74 Å². The van der Waals surface area contributed by atoms with E-state index in [1.165, 1.54) is 24.8 Å². The van der Waals surface area contributed by atoms with Gasteiger partial charge in [-0.1, -0.05) is 0 Å². The van der Waals surface area contributed by atoms with E-state index in [2.05, 4.69) is 16.4 Å². The minimum Gasteiger partial charge on any atom is -0.385 e. The van der Waals surface area contributed by atoms with Gasteiger partial charge in [0.15, 0.2) is 0 Å². The van der Waals surface area contributed by atoms with E-state index in [9.17, 15) is 0 Å². The molecule has 84 valence electrons. The normalized spacial score (nSPS) is 17.9. The molecule has 1 aliphatic rings. The molecule has 2 rings (SSSR count). The third-order valence-electron chi connectivity index (χ3n) is 3.29. The van der Waals surface area contributed by atoms with Crippen molar-refractivity contribution in [2.45, 2.75) is 25.8 Å². The van der Waals surface area contributed by atoms with E-state index in [1.54, 1.807) is 7.11 Å². The summed E-state index contributed by atoms with van der Waals surface area (Å²) in [5.41, 5.74) is 1.88. The lowest BCUT2D eigenvalue weighted by molar-refractivity contribution is 0.171. The van der Waals surface area contributed by atoms with Crippen LogP contribution in [0.4, 0.5) is 0 Å². The molecule has 3 heteroatoms. The van der Waals surface area contributed by atoms with Crippen LogP contribution in [0.25, 0.3) is 0 Å². The first-order valence-corrected chi connectivity index (χ1v) is 5.66. The van der Waals surface area contributed by atoms with Crippen LogP contribution < -0.4 is 5.32 Å². The fourth-order valence-corrected chi connectivity index (χ4v) is 1.95. The molecule has 15 heavy (non-hydrogen) atoms. The van der Waals surface area contributed by atoms with Crippen LogP contribution in [0.2, 0.25) is 0 Å². The van der Waals surface area contributed by atoms with Gasteiger partial charge < -0.3 is 15.0 Å². The zero-order chi connectivity index (χ0) is 10.6. The highest BCUT2D eigenvalue weighted by Gasteiger charge is 2.41. The van der Waals surface area contributed by atoms with Crippen molar-refractivity contribution in [3.05, 3.63) is 24.0 Å². The van der Waals surface area contributed by atoms with E-state index >= 15 is 0 Å². The first-order chi connectivity index (χ1) is 7.35. The molecule has 0 spiro atoms. The van der Waals surface area contributed by atoms with Crippen LogP contribution in [0, 0.1) is 5.41 Å². The van der Waals surface area contributed by atoms with Crippen LogP contribution >= 0.6 is 0 Å². The molecule has 0 aromatic carbocycles. The lowest BCUT2D eigenvalue weighted by Crippen LogP contribution is -2.24. The molecule has 1 heterocycles. The zero-order valence-electron chi connectivity index (χ0n) is 9.38. The molecule has 0 radical (unpaired) electrons. The van der Waals surface area contributed by atoms with Gasteiger partial charge in [0.1, 0.15) is 0 Å². The topological polar surface area (TPSA) is 37.0 Å². The van der Waals surface area contributed by atoms with Gasteiger partial charge in [0.25, 0.3) is 0 Å². The molecule has 1 aliphatic carbocycles. The van der Waals surface area contributed by atoms with Crippen LogP contribution in [-0.2, 0) is 11.3 Å². The minimum absolute atomic E-state index is 0.548. The number of aromatic amines is 1. The summed E-state index contributed by atoms with van der Waals surface area (Å²) in [6, 6.07) is 2.11. The summed E-state index contributed by atoms with van der Waals surface area (Å²) in [6.07, 6.45) is 7.92. The summed E-state index contributed by atoms with van der Waals surface area (Å²) >= 11 is 0. The molecule has 1 saturated carbocycles. The molecule has 0 amide bonds.